The topological polar surface area (TPSA) is 60.7 Å². The highest BCUT2D eigenvalue weighted by Crippen LogP contribution is 2.32. The molecule has 1 atom stereocenters. The summed E-state index contributed by atoms with van der Waals surface area (Å²) in [6.07, 6.45) is 2.14. The Kier molecular flexibility index (Phi) is 6.45. The van der Waals surface area contributed by atoms with Crippen molar-refractivity contribution < 1.29 is 18.7 Å². The SMILES string of the molecule is Cc1cc(OCc2ccc(C(=O)NCC3CCCO3)o2)c(C(C)C)cc1Cl. The summed E-state index contributed by atoms with van der Waals surface area (Å²) in [5.74, 6) is 1.71. The molecule has 2 aromatic rings. The number of halogens is 1. The van der Waals surface area contributed by atoms with Gasteiger partial charge in [-0.1, -0.05) is 25.4 Å². The van der Waals surface area contributed by atoms with Gasteiger partial charge in [-0.05, 0) is 61.1 Å². The number of carbonyl (C=O) groups excluding carboxylic acids is 1. The van der Waals surface area contributed by atoms with E-state index in [1.54, 1.807) is 12.1 Å². The first kappa shape index (κ1) is 19.8. The van der Waals surface area contributed by atoms with E-state index in [1.807, 2.05) is 19.1 Å². The number of nitrogens with one attached hydrogen (secondary N) is 1. The summed E-state index contributed by atoms with van der Waals surface area (Å²) in [5.41, 5.74) is 2.01. The summed E-state index contributed by atoms with van der Waals surface area (Å²) in [4.78, 5) is 12.2. The van der Waals surface area contributed by atoms with Crippen LogP contribution in [0.4, 0.5) is 0 Å². The van der Waals surface area contributed by atoms with Crippen molar-refractivity contribution in [1.29, 1.82) is 0 Å². The lowest BCUT2D eigenvalue weighted by Crippen LogP contribution is -2.31. The molecule has 1 aromatic heterocycles. The van der Waals surface area contributed by atoms with Crippen molar-refractivity contribution in [2.75, 3.05) is 13.2 Å². The molecule has 1 N–H and O–H groups in total. The van der Waals surface area contributed by atoms with E-state index in [2.05, 4.69) is 19.2 Å². The second-order valence-electron chi connectivity index (χ2n) is 7.19. The van der Waals surface area contributed by atoms with E-state index in [9.17, 15) is 4.79 Å². The van der Waals surface area contributed by atoms with Crippen LogP contribution < -0.4 is 10.1 Å². The van der Waals surface area contributed by atoms with E-state index >= 15 is 0 Å². The summed E-state index contributed by atoms with van der Waals surface area (Å²) in [5, 5.41) is 3.58. The van der Waals surface area contributed by atoms with Crippen LogP contribution in [0.1, 0.15) is 60.0 Å². The number of ether oxygens (including phenoxy) is 2. The van der Waals surface area contributed by atoms with Crippen LogP contribution in [-0.4, -0.2) is 25.2 Å². The van der Waals surface area contributed by atoms with Crippen LogP contribution in [-0.2, 0) is 11.3 Å². The van der Waals surface area contributed by atoms with E-state index in [0.29, 0.717) is 12.3 Å². The minimum absolute atomic E-state index is 0.106. The summed E-state index contributed by atoms with van der Waals surface area (Å²) < 4.78 is 17.1. The van der Waals surface area contributed by atoms with Crippen molar-refractivity contribution >= 4 is 17.5 Å². The van der Waals surface area contributed by atoms with Crippen LogP contribution in [0, 0.1) is 6.92 Å². The maximum Gasteiger partial charge on any atom is 0.287 e. The highest BCUT2D eigenvalue weighted by molar-refractivity contribution is 6.31. The Morgan fingerprint density at radius 1 is 1.37 bits per heavy atom. The van der Waals surface area contributed by atoms with Gasteiger partial charge in [-0.25, -0.2) is 0 Å². The molecule has 5 nitrogen and oxygen atoms in total. The predicted octanol–water partition coefficient (Wildman–Crippen LogP) is 4.85. The van der Waals surface area contributed by atoms with Crippen LogP contribution in [0.5, 0.6) is 5.75 Å². The predicted molar refractivity (Wildman–Crippen MR) is 105 cm³/mol. The summed E-state index contributed by atoms with van der Waals surface area (Å²) in [7, 11) is 0. The first-order chi connectivity index (χ1) is 12.9. The van der Waals surface area contributed by atoms with Gasteiger partial charge in [0.25, 0.3) is 5.91 Å². The van der Waals surface area contributed by atoms with Crippen LogP contribution in [0.15, 0.2) is 28.7 Å². The van der Waals surface area contributed by atoms with Crippen molar-refractivity contribution in [3.63, 3.8) is 0 Å². The summed E-state index contributed by atoms with van der Waals surface area (Å²) in [6, 6.07) is 7.32. The van der Waals surface area contributed by atoms with E-state index in [4.69, 9.17) is 25.5 Å². The summed E-state index contributed by atoms with van der Waals surface area (Å²) >= 11 is 6.23. The van der Waals surface area contributed by atoms with Crippen LogP contribution >= 0.6 is 11.6 Å². The Morgan fingerprint density at radius 3 is 2.89 bits per heavy atom. The maximum absolute atomic E-state index is 12.2. The number of furan rings is 1. The molecule has 3 rings (SSSR count). The average molecular weight is 392 g/mol. The van der Waals surface area contributed by atoms with Gasteiger partial charge in [0.15, 0.2) is 5.76 Å². The number of aryl methyl sites for hydroxylation is 1. The third-order valence-corrected chi connectivity index (χ3v) is 5.09. The first-order valence-corrected chi connectivity index (χ1v) is 9.73. The molecule has 2 heterocycles. The van der Waals surface area contributed by atoms with Crippen LogP contribution in [0.2, 0.25) is 5.02 Å². The molecule has 146 valence electrons. The van der Waals surface area contributed by atoms with Gasteiger partial charge in [0.2, 0.25) is 0 Å². The van der Waals surface area contributed by atoms with Gasteiger partial charge in [0.05, 0.1) is 6.10 Å². The minimum atomic E-state index is -0.234. The molecule has 1 fully saturated rings. The van der Waals surface area contributed by atoms with Gasteiger partial charge in [-0.3, -0.25) is 4.79 Å². The molecular formula is C21H26ClNO4. The Balaban J connectivity index is 1.59. The number of benzene rings is 1. The molecular weight excluding hydrogens is 366 g/mol. The van der Waals surface area contributed by atoms with Gasteiger partial charge in [0, 0.05) is 18.2 Å². The second kappa shape index (κ2) is 8.81. The number of rotatable bonds is 7. The normalized spacial score (nSPS) is 16.7. The Morgan fingerprint density at radius 2 is 2.19 bits per heavy atom. The van der Waals surface area contributed by atoms with Crippen LogP contribution in [0.3, 0.4) is 0 Å². The molecule has 1 saturated heterocycles. The highest BCUT2D eigenvalue weighted by Gasteiger charge is 2.18. The lowest BCUT2D eigenvalue weighted by molar-refractivity contribution is 0.0832. The number of hydrogen-bond acceptors (Lipinski definition) is 4. The van der Waals surface area contributed by atoms with Crippen molar-refractivity contribution in [2.24, 2.45) is 0 Å². The zero-order valence-electron chi connectivity index (χ0n) is 16.0. The molecule has 6 heteroatoms. The zero-order chi connectivity index (χ0) is 19.4. The second-order valence-corrected chi connectivity index (χ2v) is 7.60. The lowest BCUT2D eigenvalue weighted by Gasteiger charge is -2.15. The Labute approximate surface area is 165 Å². The fraction of sp³-hybridized carbons (Fsp3) is 0.476. The van der Waals surface area contributed by atoms with E-state index in [1.165, 1.54) is 0 Å². The standard InChI is InChI=1S/C21H26ClNO4/c1-13(2)17-10-18(22)14(3)9-20(17)26-12-16-6-7-19(27-16)21(24)23-11-15-5-4-8-25-15/h6-7,9-10,13,15H,4-5,8,11-12H2,1-3H3,(H,23,24). The van der Waals surface area contributed by atoms with E-state index in [-0.39, 0.29) is 30.3 Å². The molecule has 1 aliphatic heterocycles. The number of amides is 1. The van der Waals surface area contributed by atoms with Gasteiger partial charge >= 0.3 is 0 Å². The van der Waals surface area contributed by atoms with Gasteiger partial charge in [0.1, 0.15) is 18.1 Å². The molecule has 1 aromatic carbocycles. The molecule has 0 saturated carbocycles. The fourth-order valence-corrected chi connectivity index (χ4v) is 3.24. The molecule has 0 bridgehead atoms. The third kappa shape index (κ3) is 5.05. The lowest BCUT2D eigenvalue weighted by atomic mass is 10.0. The molecule has 1 amide bonds. The molecule has 1 aliphatic rings. The number of hydrogen-bond donors (Lipinski definition) is 1. The molecule has 0 radical (unpaired) electrons. The third-order valence-electron chi connectivity index (χ3n) is 4.68. The van der Waals surface area contributed by atoms with Gasteiger partial charge in [-0.2, -0.15) is 0 Å². The molecule has 27 heavy (non-hydrogen) atoms. The fourth-order valence-electron chi connectivity index (χ4n) is 3.07. The van der Waals surface area contributed by atoms with E-state index < -0.39 is 0 Å². The van der Waals surface area contributed by atoms with Crippen molar-refractivity contribution in [1.82, 2.24) is 5.32 Å². The minimum Gasteiger partial charge on any atom is -0.485 e. The zero-order valence-corrected chi connectivity index (χ0v) is 16.8. The van der Waals surface area contributed by atoms with Crippen molar-refractivity contribution in [3.8, 4) is 5.75 Å². The molecule has 1 unspecified atom stereocenters. The van der Waals surface area contributed by atoms with E-state index in [0.717, 1.165) is 41.3 Å². The van der Waals surface area contributed by atoms with Gasteiger partial charge in [-0.15, -0.1) is 0 Å². The first-order valence-electron chi connectivity index (χ1n) is 9.35. The smallest absolute Gasteiger partial charge is 0.287 e. The summed E-state index contributed by atoms with van der Waals surface area (Å²) in [6.45, 7) is 7.66. The Hall–Kier alpha value is -1.98. The van der Waals surface area contributed by atoms with Crippen molar-refractivity contribution in [2.45, 2.75) is 52.2 Å². The highest BCUT2D eigenvalue weighted by atomic mass is 35.5. The monoisotopic (exact) mass is 391 g/mol. The van der Waals surface area contributed by atoms with Crippen molar-refractivity contribution in [3.05, 3.63) is 51.9 Å². The number of carbonyl (C=O) groups is 1. The maximum atomic E-state index is 12.2. The average Bonchev–Trinajstić information content (AvgIpc) is 3.32. The van der Waals surface area contributed by atoms with Crippen LogP contribution in [0.25, 0.3) is 0 Å². The molecule has 0 aliphatic carbocycles. The quantitative estimate of drug-likeness (QED) is 0.732. The van der Waals surface area contributed by atoms with Gasteiger partial charge < -0.3 is 19.2 Å². The Bertz CT molecular complexity index is 793. The molecule has 0 spiro atoms. The largest absolute Gasteiger partial charge is 0.485 e.